The molecule has 14 heteroatoms. The van der Waals surface area contributed by atoms with E-state index >= 15 is 0 Å². The van der Waals surface area contributed by atoms with Crippen LogP contribution in [-0.2, 0) is 68.8 Å². The molecular weight excluding hydrogens is 814 g/mol. The smallest absolute Gasteiger partial charge is 0.416 e. The highest BCUT2D eigenvalue weighted by Gasteiger charge is 2.49. The van der Waals surface area contributed by atoms with E-state index in [9.17, 15) is 19.5 Å². The minimum absolute atomic E-state index is 0.0599. The van der Waals surface area contributed by atoms with Gasteiger partial charge in [-0.3, -0.25) is 9.59 Å². The number of rotatable bonds is 19. The van der Waals surface area contributed by atoms with Crippen molar-refractivity contribution in [3.05, 3.63) is 130 Å². The monoisotopic (exact) mass is 863 g/mol. The lowest BCUT2D eigenvalue weighted by Crippen LogP contribution is -2.61. The van der Waals surface area contributed by atoms with E-state index in [0.717, 1.165) is 21.6 Å². The molecule has 8 atom stereocenters. The summed E-state index contributed by atoms with van der Waals surface area (Å²) < 4.78 is 49.1. The molecule has 0 spiro atoms. The summed E-state index contributed by atoms with van der Waals surface area (Å²) >= 11 is 3.58. The van der Waals surface area contributed by atoms with Gasteiger partial charge in [-0.15, -0.1) is 0 Å². The molecule has 0 aliphatic carbocycles. The Bertz CT molecular complexity index is 1910. The van der Waals surface area contributed by atoms with E-state index in [1.165, 1.54) is 14.0 Å². The van der Waals surface area contributed by atoms with Crippen molar-refractivity contribution >= 4 is 33.9 Å². The third-order valence-electron chi connectivity index (χ3n) is 10.1. The Balaban J connectivity index is 1.13. The van der Waals surface area contributed by atoms with Crippen molar-refractivity contribution in [2.75, 3.05) is 26.9 Å². The highest BCUT2D eigenvalue weighted by molar-refractivity contribution is 9.10. The van der Waals surface area contributed by atoms with Gasteiger partial charge in [0.05, 0.1) is 36.3 Å². The summed E-state index contributed by atoms with van der Waals surface area (Å²) in [6, 6.07) is 30.1. The van der Waals surface area contributed by atoms with Gasteiger partial charge in [-0.25, -0.2) is 9.69 Å². The maximum Gasteiger partial charge on any atom is 0.416 e. The Morgan fingerprint density at radius 3 is 2.07 bits per heavy atom. The Hall–Kier alpha value is -4.41. The minimum atomic E-state index is -1.12. The number of hydrogen-bond donors (Lipinski definition) is 1. The third kappa shape index (κ3) is 11.0. The van der Waals surface area contributed by atoms with Crippen LogP contribution in [0.5, 0.6) is 0 Å². The molecule has 8 unspecified atom stereocenters. The number of hydrogen-bond acceptors (Lipinski definition) is 12. The van der Waals surface area contributed by atoms with Crippen molar-refractivity contribution < 1.29 is 57.1 Å². The number of ether oxygens (including phenoxy) is 7. The molecule has 13 nitrogen and oxygen atoms in total. The standard InChI is InChI=1S/C44H50BrNO12/c1-28(42(49)46-33(27-55-44(46)50)22-30-14-7-4-8-15-30)38(56-29(2)48)36-23-34(45)35(57-36)20-13-21-52-41-40(54-26-32-18-11-6-12-19-32)39(37(24-47)58-43(41)51-3)53-25-31-16-9-5-10-17-31/h4-12,14-19,23,28,33,37-41,43,47H,13,20-22,24-27H2,1-3H3. The van der Waals surface area contributed by atoms with Crippen molar-refractivity contribution in [2.45, 2.75) is 89.2 Å². The number of methoxy groups -OCH3 is 1. The van der Waals surface area contributed by atoms with Crippen LogP contribution in [0.15, 0.2) is 106 Å². The second kappa shape index (κ2) is 21.0. The van der Waals surface area contributed by atoms with Crippen LogP contribution in [0.3, 0.4) is 0 Å². The van der Waals surface area contributed by atoms with E-state index in [0.29, 0.717) is 29.5 Å². The van der Waals surface area contributed by atoms with E-state index in [1.54, 1.807) is 13.0 Å². The van der Waals surface area contributed by atoms with Gasteiger partial charge >= 0.3 is 12.1 Å². The maximum atomic E-state index is 13.9. The molecule has 4 aromatic rings. The first-order valence-electron chi connectivity index (χ1n) is 19.4. The minimum Gasteiger partial charge on any atom is -0.461 e. The lowest BCUT2D eigenvalue weighted by atomic mass is 9.98. The van der Waals surface area contributed by atoms with Crippen molar-refractivity contribution in [3.8, 4) is 0 Å². The van der Waals surface area contributed by atoms with Crippen LogP contribution in [0.1, 0.15) is 54.6 Å². The van der Waals surface area contributed by atoms with E-state index < -0.39 is 66.7 Å². The lowest BCUT2D eigenvalue weighted by molar-refractivity contribution is -0.319. The zero-order valence-corrected chi connectivity index (χ0v) is 34.4. The molecule has 6 rings (SSSR count). The number of carbonyl (C=O) groups is 3. The molecule has 2 saturated heterocycles. The fourth-order valence-electron chi connectivity index (χ4n) is 7.21. The zero-order valence-electron chi connectivity index (χ0n) is 32.8. The number of nitrogens with zero attached hydrogens (tertiary/aromatic N) is 1. The highest BCUT2D eigenvalue weighted by atomic mass is 79.9. The molecule has 310 valence electrons. The van der Waals surface area contributed by atoms with Crippen LogP contribution in [0, 0.1) is 5.92 Å². The van der Waals surface area contributed by atoms with Gasteiger partial charge in [-0.05, 0) is 58.5 Å². The summed E-state index contributed by atoms with van der Waals surface area (Å²) in [5, 5.41) is 10.4. The fraction of sp³-hybridized carbons (Fsp3) is 0.432. The number of aliphatic hydroxyl groups excluding tert-OH is 1. The van der Waals surface area contributed by atoms with Crippen LogP contribution < -0.4 is 0 Å². The van der Waals surface area contributed by atoms with Crippen LogP contribution in [0.2, 0.25) is 0 Å². The van der Waals surface area contributed by atoms with E-state index in [-0.39, 0.29) is 38.8 Å². The maximum absolute atomic E-state index is 13.9. The Morgan fingerprint density at radius 1 is 0.879 bits per heavy atom. The molecule has 2 aliphatic rings. The van der Waals surface area contributed by atoms with Gasteiger partial charge in [0, 0.05) is 27.1 Å². The normalized spacial score (nSPS) is 23.0. The number of halogens is 1. The molecule has 2 amide bonds. The first-order chi connectivity index (χ1) is 28.2. The summed E-state index contributed by atoms with van der Waals surface area (Å²) in [4.78, 5) is 40.1. The van der Waals surface area contributed by atoms with Crippen molar-refractivity contribution in [1.29, 1.82) is 0 Å². The number of amides is 2. The van der Waals surface area contributed by atoms with Crippen LogP contribution in [0.25, 0.3) is 0 Å². The molecule has 0 radical (unpaired) electrons. The topological polar surface area (TPSA) is 152 Å². The van der Waals surface area contributed by atoms with Gasteiger partial charge in [0.25, 0.3) is 0 Å². The summed E-state index contributed by atoms with van der Waals surface area (Å²) in [7, 11) is 1.51. The lowest BCUT2D eigenvalue weighted by Gasteiger charge is -2.45. The summed E-state index contributed by atoms with van der Waals surface area (Å²) in [5.41, 5.74) is 2.86. The molecule has 3 heterocycles. The van der Waals surface area contributed by atoms with Crippen molar-refractivity contribution in [1.82, 2.24) is 4.90 Å². The highest BCUT2D eigenvalue weighted by Crippen LogP contribution is 2.36. The van der Waals surface area contributed by atoms with Crippen molar-refractivity contribution in [3.63, 3.8) is 0 Å². The van der Waals surface area contributed by atoms with Gasteiger partial charge in [0.2, 0.25) is 5.91 Å². The molecule has 3 aromatic carbocycles. The average Bonchev–Trinajstić information content (AvgIpc) is 3.80. The molecule has 1 N–H and O–H groups in total. The van der Waals surface area contributed by atoms with Gasteiger partial charge in [0.15, 0.2) is 12.4 Å². The van der Waals surface area contributed by atoms with E-state index in [2.05, 4.69) is 15.9 Å². The predicted molar refractivity (Wildman–Crippen MR) is 213 cm³/mol. The second-order valence-electron chi connectivity index (χ2n) is 14.3. The summed E-state index contributed by atoms with van der Waals surface area (Å²) in [6.07, 6.45) is -4.24. The van der Waals surface area contributed by atoms with Gasteiger partial charge in [-0.1, -0.05) is 91.0 Å². The number of benzene rings is 3. The number of imide groups is 1. The van der Waals surface area contributed by atoms with Crippen LogP contribution in [-0.4, -0.2) is 91.7 Å². The predicted octanol–water partition coefficient (Wildman–Crippen LogP) is 6.72. The number of cyclic esters (lactones) is 1. The molecular formula is C44H50BrNO12. The largest absolute Gasteiger partial charge is 0.461 e. The van der Waals surface area contributed by atoms with E-state index in [1.807, 2.05) is 91.0 Å². The van der Waals surface area contributed by atoms with E-state index in [4.69, 9.17) is 37.6 Å². The number of esters is 1. The molecule has 1 aromatic heterocycles. The molecule has 0 bridgehead atoms. The number of aliphatic hydroxyl groups is 1. The Morgan fingerprint density at radius 2 is 1.48 bits per heavy atom. The first kappa shape index (κ1) is 43.2. The molecule has 2 fully saturated rings. The Labute approximate surface area is 346 Å². The van der Waals surface area contributed by atoms with Crippen LogP contribution >= 0.6 is 15.9 Å². The van der Waals surface area contributed by atoms with Crippen LogP contribution in [0.4, 0.5) is 4.79 Å². The summed E-state index contributed by atoms with van der Waals surface area (Å²) in [6.45, 7) is 3.36. The molecule has 2 aliphatic heterocycles. The van der Waals surface area contributed by atoms with Crippen molar-refractivity contribution in [2.24, 2.45) is 5.92 Å². The number of carbonyl (C=O) groups excluding carboxylic acids is 3. The zero-order chi connectivity index (χ0) is 41.0. The van der Waals surface area contributed by atoms with Gasteiger partial charge in [0.1, 0.15) is 42.5 Å². The third-order valence-corrected chi connectivity index (χ3v) is 10.8. The number of aryl methyl sites for hydroxylation is 1. The van der Waals surface area contributed by atoms with Gasteiger partial charge in [-0.2, -0.15) is 0 Å². The van der Waals surface area contributed by atoms with Gasteiger partial charge < -0.3 is 42.7 Å². The SMILES string of the molecule is COC1OC(CO)C(OCc2ccccc2)C(OCc2ccccc2)C1OCCCc1oc(C(OC(C)=O)C(C)C(=O)N2C(=O)OCC2Cc2ccccc2)cc1Br. The second-order valence-corrected chi connectivity index (χ2v) is 15.1. The summed E-state index contributed by atoms with van der Waals surface area (Å²) in [5.74, 6) is -1.35. The quantitative estimate of drug-likeness (QED) is 0.0787. The first-order valence-corrected chi connectivity index (χ1v) is 20.2. The number of furan rings is 1. The fourth-order valence-corrected chi connectivity index (χ4v) is 7.71. The molecule has 0 saturated carbocycles. The Kier molecular flexibility index (Phi) is 15.7. The molecule has 58 heavy (non-hydrogen) atoms. The average molecular weight is 865 g/mol.